The summed E-state index contributed by atoms with van der Waals surface area (Å²) in [6.45, 7) is 5.41. The molecule has 2 nitrogen and oxygen atoms in total. The van der Waals surface area contributed by atoms with E-state index in [1.165, 1.54) is 14.8 Å². The van der Waals surface area contributed by atoms with Crippen LogP contribution >= 0.6 is 22.1 Å². The van der Waals surface area contributed by atoms with Gasteiger partial charge in [0.05, 0.1) is 0 Å². The standard InChI is InChI=1S/C2H5P.CH3P.H3NO.HP.6V.6W/c1-3-2;2*1-2;;;;;;;;;;;;;/h1H2,2H3;1H3;2H,1H2;1H;;;;;;;;;;;;. The molecule has 0 aliphatic heterocycles. The van der Waals surface area contributed by atoms with Crippen LogP contribution in [0, 0.1) is 0 Å². The summed E-state index contributed by atoms with van der Waals surface area (Å²) in [7, 11) is 4.08. The molecular formula is C3H12NOP3V6W6. The summed E-state index contributed by atoms with van der Waals surface area (Å²) in [5.41, 5.74) is 0. The molecule has 0 unspecified atom stereocenters. The van der Waals surface area contributed by atoms with Crippen LogP contribution in [0.4, 0.5) is 0 Å². The van der Waals surface area contributed by atoms with Gasteiger partial charge in [0.1, 0.15) is 0 Å². The second kappa shape index (κ2) is 178. The first-order valence-electron chi connectivity index (χ1n) is 1.89. The monoisotopic (exact) mass is 1580 g/mol. The molecule has 3 N–H and O–H groups in total. The van der Waals surface area contributed by atoms with Crippen LogP contribution in [0.1, 0.15) is 0 Å². The van der Waals surface area contributed by atoms with E-state index in [0.717, 1.165) is 0 Å². The second-order valence-corrected chi connectivity index (χ2v) is 3.42. The zero-order valence-electron chi connectivity index (χ0n) is 10.3. The predicted octanol–water partition coefficient (Wildman–Crippen LogP) is 1.92. The summed E-state index contributed by atoms with van der Waals surface area (Å²) in [5.74, 6) is 3.50. The Hall–Kier alpha value is 8.33. The van der Waals surface area contributed by atoms with E-state index >= 15 is 0 Å². The Kier molecular flexibility index (Phi) is 915. The summed E-state index contributed by atoms with van der Waals surface area (Å²) in [6.07, 6.45) is 3.46. The van der Waals surface area contributed by atoms with Crippen LogP contribution in [0.25, 0.3) is 0 Å². The van der Waals surface area contributed by atoms with Crippen LogP contribution in [0.2, 0.25) is 0 Å². The molecule has 17 heteroatoms. The van der Waals surface area contributed by atoms with Crippen LogP contribution in [-0.2, 0) is 234 Å². The van der Waals surface area contributed by atoms with E-state index in [1.54, 1.807) is 0 Å². The number of hydrogen-bond acceptors (Lipinski definition) is 2. The quantitative estimate of drug-likeness (QED) is 0.288. The van der Waals surface area contributed by atoms with Crippen molar-refractivity contribution >= 4 is 28.4 Å². The molecule has 0 saturated carbocycles. The fourth-order valence-electron chi connectivity index (χ4n) is 0. The van der Waals surface area contributed by atoms with Crippen molar-refractivity contribution in [3.63, 3.8) is 0 Å². The Bertz CT molecular complexity index is 75.2. The van der Waals surface area contributed by atoms with Crippen molar-refractivity contribution in [2.75, 3.05) is 13.3 Å². The Labute approximate surface area is 280 Å². The summed E-state index contributed by atoms with van der Waals surface area (Å²) >= 11 is 4.56. The molecule has 0 heterocycles. The molecule has 0 rings (SSSR count). The Morgan fingerprint density at radius 2 is 0.800 bits per heavy atom. The van der Waals surface area contributed by atoms with Crippen LogP contribution in [0.5, 0.6) is 0 Å². The van der Waals surface area contributed by atoms with Crippen LogP contribution in [-0.4, -0.2) is 24.8 Å². The fourth-order valence-corrected chi connectivity index (χ4v) is 0. The van der Waals surface area contributed by atoms with E-state index in [2.05, 4.69) is 59.1 Å². The molecule has 0 aromatic heterocycles. The molecule has 0 spiro atoms. The van der Waals surface area contributed by atoms with Gasteiger partial charge in [0.25, 0.3) is 0 Å². The third-order valence-corrected chi connectivity index (χ3v) is 0. The van der Waals surface area contributed by atoms with Crippen molar-refractivity contribution in [2.45, 2.75) is 0 Å². The minimum atomic E-state index is 0. The van der Waals surface area contributed by atoms with Gasteiger partial charge in [0.2, 0.25) is 0 Å². The summed E-state index contributed by atoms with van der Waals surface area (Å²) in [6, 6.07) is 0. The minimum absolute atomic E-state index is 0. The van der Waals surface area contributed by atoms with Crippen molar-refractivity contribution in [3.05, 3.63) is 0 Å². The van der Waals surface area contributed by atoms with Crippen molar-refractivity contribution < 1.29 is 239 Å². The van der Waals surface area contributed by atoms with Gasteiger partial charge in [-0.1, -0.05) is 6.30 Å². The van der Waals surface area contributed by atoms with E-state index in [4.69, 9.17) is 5.21 Å². The molecule has 0 amide bonds. The SMILES string of the molecule is C=PC.C[P]=[V].NO.[PH]=[V].[V].[V].[V].[V].[W].[W].[W].[W].[W].[W]. The third kappa shape index (κ3) is 244. The molecule has 0 bridgehead atoms. The Morgan fingerprint density at radius 1 is 0.800 bits per heavy atom. The van der Waals surface area contributed by atoms with Crippen LogP contribution in [0.3, 0.4) is 0 Å². The van der Waals surface area contributed by atoms with Crippen LogP contribution in [0.15, 0.2) is 0 Å². The Balaban J connectivity index is -0.00000000173. The van der Waals surface area contributed by atoms with Crippen LogP contribution < -0.4 is 5.90 Å². The normalized spacial score (nSPS) is 2.50. The first-order chi connectivity index (χ1) is 4.83. The predicted molar refractivity (Wildman–Crippen MR) is 47.1 cm³/mol. The van der Waals surface area contributed by atoms with E-state index in [-0.39, 0.29) is 201 Å². The van der Waals surface area contributed by atoms with Crippen molar-refractivity contribution in [2.24, 2.45) is 5.90 Å². The molecule has 0 aliphatic carbocycles. The van der Waals surface area contributed by atoms with E-state index in [9.17, 15) is 0 Å². The first kappa shape index (κ1) is 103. The third-order valence-electron chi connectivity index (χ3n) is 0. The maximum atomic E-state index is 6.50. The summed E-state index contributed by atoms with van der Waals surface area (Å²) < 4.78 is 0. The molecule has 0 aliphatic rings. The number of nitrogens with two attached hydrogens (primary N) is 1. The Morgan fingerprint density at radius 3 is 0.800 bits per heavy atom. The average molecular weight is 1580 g/mol. The molecule has 4 radical (unpaired) electrons. The molecule has 116 valence electrons. The zero-order valence-corrected chi connectivity index (χ0v) is 39.0. The number of hydrogen-bond donors (Lipinski definition) is 2. The topological polar surface area (TPSA) is 46.2 Å². The van der Waals surface area contributed by atoms with Gasteiger partial charge in [-0.3, -0.25) is 0 Å². The first-order valence-corrected chi connectivity index (χ1v) is 9.13. The smallest absolute Gasteiger partial charge is 0 e. The van der Waals surface area contributed by atoms with Crippen molar-refractivity contribution in [1.82, 2.24) is 0 Å². The van der Waals surface area contributed by atoms with Gasteiger partial charge in [-0.05, 0) is 6.66 Å². The van der Waals surface area contributed by atoms with E-state index < -0.39 is 0 Å². The molecule has 0 saturated heterocycles. The summed E-state index contributed by atoms with van der Waals surface area (Å²) in [4.78, 5) is 0. The maximum Gasteiger partial charge on any atom is 0 e. The molecule has 0 fully saturated rings. The summed E-state index contributed by atoms with van der Waals surface area (Å²) in [5, 5.41) is 6.50. The van der Waals surface area contributed by atoms with Gasteiger partial charge in [-0.25, -0.2) is 5.90 Å². The zero-order chi connectivity index (χ0) is 9.41. The fraction of sp³-hybridized carbons (Fsp3) is 0.667. The average Bonchev–Trinajstić information content (AvgIpc) is 1.99. The maximum absolute atomic E-state index is 6.50. The van der Waals surface area contributed by atoms with E-state index in [1.807, 2.05) is 6.66 Å². The van der Waals surface area contributed by atoms with Gasteiger partial charge < -0.3 is 5.21 Å². The molecule has 0 aromatic rings. The van der Waals surface area contributed by atoms with Gasteiger partial charge in [0.15, 0.2) is 0 Å². The van der Waals surface area contributed by atoms with Gasteiger partial charge >= 0.3 is 53.5 Å². The van der Waals surface area contributed by atoms with Gasteiger partial charge in [-0.15, -0.1) is 8.20 Å². The number of rotatable bonds is 0. The molecular weight excluding hydrogens is 1570 g/mol. The van der Waals surface area contributed by atoms with Gasteiger partial charge in [-0.2, -0.15) is 0 Å². The van der Waals surface area contributed by atoms with E-state index in [0.29, 0.717) is 0 Å². The van der Waals surface area contributed by atoms with Crippen molar-refractivity contribution in [1.29, 1.82) is 0 Å². The molecule has 0 aromatic carbocycles. The van der Waals surface area contributed by atoms with Gasteiger partial charge in [0, 0.05) is 201 Å². The molecule has 20 heavy (non-hydrogen) atoms. The largest absolute Gasteiger partial charge is 0 e. The second-order valence-electron chi connectivity index (χ2n) is 0.516. The minimum Gasteiger partial charge on any atom is 0 e. The molecule has 0 atom stereocenters. The van der Waals surface area contributed by atoms with Crippen molar-refractivity contribution in [3.8, 4) is 0 Å².